The molecule has 0 saturated carbocycles. The molecule has 2 atom stereocenters. The van der Waals surface area contributed by atoms with Gasteiger partial charge < -0.3 is 9.84 Å². The largest absolute Gasteiger partial charge is 0.385 e. The van der Waals surface area contributed by atoms with Gasteiger partial charge in [-0.05, 0) is 19.2 Å². The first kappa shape index (κ1) is 12.6. The van der Waals surface area contributed by atoms with E-state index in [1.165, 1.54) is 0 Å². The molecule has 100 valence electrons. The Morgan fingerprint density at radius 1 is 1.16 bits per heavy atom. The van der Waals surface area contributed by atoms with Crippen LogP contribution in [0, 0.1) is 0 Å². The van der Waals surface area contributed by atoms with Crippen LogP contribution in [-0.4, -0.2) is 22.3 Å². The third-order valence-electron chi connectivity index (χ3n) is 3.88. The van der Waals surface area contributed by atoms with Crippen molar-refractivity contribution in [3.8, 4) is 0 Å². The van der Waals surface area contributed by atoms with Crippen molar-refractivity contribution >= 4 is 10.8 Å². The van der Waals surface area contributed by atoms with Crippen LogP contribution in [0.3, 0.4) is 0 Å². The van der Waals surface area contributed by atoms with E-state index in [4.69, 9.17) is 4.74 Å². The van der Waals surface area contributed by atoms with Gasteiger partial charge in [-0.25, -0.2) is 0 Å². The number of aliphatic hydroxyl groups is 1. The lowest BCUT2D eigenvalue weighted by Crippen LogP contribution is -2.41. The molecule has 2 heterocycles. The molecule has 0 bridgehead atoms. The number of hydrogen-bond donors (Lipinski definition) is 1. The fourth-order valence-corrected chi connectivity index (χ4v) is 3.23. The molecule has 1 aliphatic rings. The first-order valence-corrected chi connectivity index (χ1v) is 6.79. The predicted molar refractivity (Wildman–Crippen MR) is 74.9 cm³/mol. The summed E-state index contributed by atoms with van der Waals surface area (Å²) in [6, 6.07) is 8.07. The fraction of sp³-hybridized carbons (Fsp3) is 0.438. The van der Waals surface area contributed by atoms with Crippen molar-refractivity contribution in [3.05, 3.63) is 42.2 Å². The van der Waals surface area contributed by atoms with E-state index in [9.17, 15) is 5.11 Å². The minimum atomic E-state index is -0.842. The van der Waals surface area contributed by atoms with Gasteiger partial charge in [0.2, 0.25) is 0 Å². The molecule has 1 saturated heterocycles. The van der Waals surface area contributed by atoms with Crippen LogP contribution in [0.25, 0.3) is 10.8 Å². The Hall–Kier alpha value is -1.45. The first-order valence-electron chi connectivity index (χ1n) is 6.79. The van der Waals surface area contributed by atoms with Crippen LogP contribution < -0.4 is 0 Å². The zero-order valence-corrected chi connectivity index (χ0v) is 11.3. The summed E-state index contributed by atoms with van der Waals surface area (Å²) in [6.07, 6.45) is 5.00. The van der Waals surface area contributed by atoms with E-state index in [0.29, 0.717) is 12.8 Å². The molecule has 2 unspecified atom stereocenters. The summed E-state index contributed by atoms with van der Waals surface area (Å²) in [5.41, 5.74) is 0.0814. The number of benzene rings is 1. The Bertz CT molecular complexity index is 581. The highest BCUT2D eigenvalue weighted by molar-refractivity contribution is 5.85. The van der Waals surface area contributed by atoms with E-state index in [2.05, 4.69) is 11.1 Å². The normalized spacial score (nSPS) is 31.5. The van der Waals surface area contributed by atoms with Crippen molar-refractivity contribution in [2.75, 3.05) is 0 Å². The van der Waals surface area contributed by atoms with Crippen molar-refractivity contribution in [2.24, 2.45) is 0 Å². The van der Waals surface area contributed by atoms with E-state index >= 15 is 0 Å². The fourth-order valence-electron chi connectivity index (χ4n) is 3.23. The molecule has 3 nitrogen and oxygen atoms in total. The van der Waals surface area contributed by atoms with Gasteiger partial charge in [-0.2, -0.15) is 0 Å². The molecule has 0 spiro atoms. The monoisotopic (exact) mass is 257 g/mol. The van der Waals surface area contributed by atoms with Crippen LogP contribution in [0.1, 0.15) is 32.3 Å². The van der Waals surface area contributed by atoms with Gasteiger partial charge in [0, 0.05) is 36.2 Å². The Morgan fingerprint density at radius 3 is 2.58 bits per heavy atom. The van der Waals surface area contributed by atoms with Crippen molar-refractivity contribution in [2.45, 2.75) is 44.5 Å². The van der Waals surface area contributed by atoms with Crippen LogP contribution in [-0.2, 0) is 10.3 Å². The highest BCUT2D eigenvalue weighted by atomic mass is 16.5. The molecular weight excluding hydrogens is 238 g/mol. The number of pyridine rings is 1. The SMILES string of the molecule is CC1CC(O)(c2cncc3ccccc23)CC(C)O1. The lowest BCUT2D eigenvalue weighted by Gasteiger charge is -2.39. The van der Waals surface area contributed by atoms with Gasteiger partial charge in [-0.3, -0.25) is 4.98 Å². The first-order chi connectivity index (χ1) is 9.08. The molecule has 1 aromatic carbocycles. The average molecular weight is 257 g/mol. The van der Waals surface area contributed by atoms with E-state index < -0.39 is 5.60 Å². The molecule has 3 rings (SSSR count). The molecule has 1 fully saturated rings. The highest BCUT2D eigenvalue weighted by Gasteiger charge is 2.39. The highest BCUT2D eigenvalue weighted by Crippen LogP contribution is 2.39. The van der Waals surface area contributed by atoms with Gasteiger partial charge in [-0.15, -0.1) is 0 Å². The number of rotatable bonds is 1. The lowest BCUT2D eigenvalue weighted by atomic mass is 9.80. The molecule has 19 heavy (non-hydrogen) atoms. The zero-order chi connectivity index (χ0) is 13.5. The summed E-state index contributed by atoms with van der Waals surface area (Å²) in [7, 11) is 0. The van der Waals surface area contributed by atoms with Crippen molar-refractivity contribution < 1.29 is 9.84 Å². The van der Waals surface area contributed by atoms with Gasteiger partial charge >= 0.3 is 0 Å². The van der Waals surface area contributed by atoms with Gasteiger partial charge in [0.25, 0.3) is 0 Å². The summed E-state index contributed by atoms with van der Waals surface area (Å²) in [6.45, 7) is 4.03. The molecule has 0 amide bonds. The maximum absolute atomic E-state index is 11.1. The van der Waals surface area contributed by atoms with E-state index in [-0.39, 0.29) is 12.2 Å². The minimum Gasteiger partial charge on any atom is -0.385 e. The van der Waals surface area contributed by atoms with E-state index in [1.807, 2.05) is 38.2 Å². The molecular formula is C16H19NO2. The summed E-state index contributed by atoms with van der Waals surface area (Å²) >= 11 is 0. The van der Waals surface area contributed by atoms with Crippen molar-refractivity contribution in [3.63, 3.8) is 0 Å². The Morgan fingerprint density at radius 2 is 1.84 bits per heavy atom. The van der Waals surface area contributed by atoms with Gasteiger partial charge in [0.15, 0.2) is 0 Å². The maximum atomic E-state index is 11.1. The number of ether oxygens (including phenoxy) is 1. The molecule has 0 radical (unpaired) electrons. The average Bonchev–Trinajstić information content (AvgIpc) is 2.36. The lowest BCUT2D eigenvalue weighted by molar-refractivity contribution is -0.135. The molecule has 0 aliphatic carbocycles. The van der Waals surface area contributed by atoms with E-state index in [1.54, 1.807) is 6.20 Å². The second-order valence-electron chi connectivity index (χ2n) is 5.61. The Kier molecular flexibility index (Phi) is 3.03. The topological polar surface area (TPSA) is 42.4 Å². The number of hydrogen-bond acceptors (Lipinski definition) is 3. The smallest absolute Gasteiger partial charge is 0.0966 e. The molecule has 1 N–H and O–H groups in total. The Labute approximate surface area is 113 Å². The summed E-state index contributed by atoms with van der Waals surface area (Å²) in [4.78, 5) is 4.28. The summed E-state index contributed by atoms with van der Waals surface area (Å²) in [5.74, 6) is 0. The molecule has 3 heteroatoms. The molecule has 2 aromatic rings. The molecule has 1 aromatic heterocycles. The summed E-state index contributed by atoms with van der Waals surface area (Å²) < 4.78 is 5.73. The number of aromatic nitrogens is 1. The van der Waals surface area contributed by atoms with Crippen LogP contribution >= 0.6 is 0 Å². The Balaban J connectivity index is 2.12. The minimum absolute atomic E-state index is 0.0627. The number of nitrogens with zero attached hydrogens (tertiary/aromatic N) is 1. The van der Waals surface area contributed by atoms with Gasteiger partial charge in [-0.1, -0.05) is 24.3 Å². The van der Waals surface area contributed by atoms with Crippen molar-refractivity contribution in [1.29, 1.82) is 0 Å². The number of fused-ring (bicyclic) bond motifs is 1. The summed E-state index contributed by atoms with van der Waals surface area (Å²) in [5, 5.41) is 13.2. The quantitative estimate of drug-likeness (QED) is 0.854. The van der Waals surface area contributed by atoms with Crippen LogP contribution in [0.15, 0.2) is 36.7 Å². The van der Waals surface area contributed by atoms with Crippen LogP contribution in [0.5, 0.6) is 0 Å². The maximum Gasteiger partial charge on any atom is 0.0966 e. The standard InChI is InChI=1S/C16H19NO2/c1-11-7-16(18,8-12(2)19-11)15-10-17-9-13-5-3-4-6-14(13)15/h3-6,9-12,18H,7-8H2,1-2H3. The second kappa shape index (κ2) is 4.58. The molecule has 1 aliphatic heterocycles. The van der Waals surface area contributed by atoms with Crippen molar-refractivity contribution in [1.82, 2.24) is 4.98 Å². The van der Waals surface area contributed by atoms with Gasteiger partial charge in [0.1, 0.15) is 0 Å². The third kappa shape index (κ3) is 2.24. The van der Waals surface area contributed by atoms with Crippen LogP contribution in [0.4, 0.5) is 0 Å². The zero-order valence-electron chi connectivity index (χ0n) is 11.3. The predicted octanol–water partition coefficient (Wildman–Crippen LogP) is 3.01. The second-order valence-corrected chi connectivity index (χ2v) is 5.61. The van der Waals surface area contributed by atoms with Crippen LogP contribution in [0.2, 0.25) is 0 Å². The third-order valence-corrected chi connectivity index (χ3v) is 3.88. The van der Waals surface area contributed by atoms with Gasteiger partial charge in [0.05, 0.1) is 17.8 Å². The van der Waals surface area contributed by atoms with E-state index in [0.717, 1.165) is 16.3 Å².